The molecule has 150 valence electrons. The molecule has 1 heterocycles. The van der Waals surface area contributed by atoms with Gasteiger partial charge in [0, 0.05) is 11.8 Å². The Hall–Kier alpha value is -2.90. The third kappa shape index (κ3) is 3.71. The number of sulfone groups is 1. The third-order valence-corrected chi connectivity index (χ3v) is 6.01. The molecule has 3 aromatic carbocycles. The topological polar surface area (TPSA) is 72.8 Å². The van der Waals surface area contributed by atoms with Crippen molar-refractivity contribution in [2.24, 2.45) is 0 Å². The van der Waals surface area contributed by atoms with Crippen LogP contribution in [0.15, 0.2) is 59.5 Å². The lowest BCUT2D eigenvalue weighted by atomic mass is 9.91. The average Bonchev–Trinajstić information content (AvgIpc) is 3.15. The number of rotatable bonds is 4. The van der Waals surface area contributed by atoms with Gasteiger partial charge >= 0.3 is 0 Å². The zero-order valence-corrected chi connectivity index (χ0v) is 16.7. The number of aryl methyl sites for hydroxylation is 1. The second kappa shape index (κ2) is 7.17. The van der Waals surface area contributed by atoms with E-state index in [1.807, 2.05) is 6.92 Å². The number of hydrogen-bond donors (Lipinski definition) is 1. The fourth-order valence-electron chi connectivity index (χ4n) is 3.36. The van der Waals surface area contributed by atoms with Crippen LogP contribution in [-0.2, 0) is 9.84 Å². The van der Waals surface area contributed by atoms with E-state index in [1.54, 1.807) is 36.4 Å². The van der Waals surface area contributed by atoms with Crippen LogP contribution in [0.1, 0.15) is 22.8 Å². The van der Waals surface area contributed by atoms with E-state index in [-0.39, 0.29) is 17.3 Å². The van der Waals surface area contributed by atoms with Crippen LogP contribution >= 0.6 is 0 Å². The van der Waals surface area contributed by atoms with Crippen molar-refractivity contribution < 1.29 is 27.4 Å². The van der Waals surface area contributed by atoms with Crippen LogP contribution in [0.5, 0.6) is 11.5 Å². The van der Waals surface area contributed by atoms with E-state index in [1.165, 1.54) is 18.2 Å². The summed E-state index contributed by atoms with van der Waals surface area (Å²) in [6.07, 6.45) is -0.105. The fourth-order valence-corrected chi connectivity index (χ4v) is 3.99. The minimum atomic E-state index is -3.33. The smallest absolute Gasteiger partial charge is 0.231 e. The van der Waals surface area contributed by atoms with Crippen molar-refractivity contribution in [1.82, 2.24) is 0 Å². The van der Waals surface area contributed by atoms with Crippen molar-refractivity contribution in [2.75, 3.05) is 13.0 Å². The van der Waals surface area contributed by atoms with Crippen molar-refractivity contribution >= 4 is 9.84 Å². The van der Waals surface area contributed by atoms with Gasteiger partial charge in [-0.05, 0) is 53.9 Å². The summed E-state index contributed by atoms with van der Waals surface area (Å²) in [4.78, 5) is 0.189. The highest BCUT2D eigenvalue weighted by atomic mass is 32.2. The first-order chi connectivity index (χ1) is 13.7. The summed E-state index contributed by atoms with van der Waals surface area (Å²) < 4.78 is 48.8. The van der Waals surface area contributed by atoms with Gasteiger partial charge in [0.25, 0.3) is 0 Å². The molecule has 1 aliphatic heterocycles. The van der Waals surface area contributed by atoms with Gasteiger partial charge in [0.15, 0.2) is 21.3 Å². The Balaban J connectivity index is 1.87. The predicted molar refractivity (Wildman–Crippen MR) is 106 cm³/mol. The molecular weight excluding hydrogens is 395 g/mol. The standard InChI is InChI=1S/C22H19FO5S/c1-13-3-8-19(23)18(9-13)22(24)17-11-21-20(27-12-28-21)10-16(17)14-4-6-15(7-5-14)29(2,25)26/h3-11,22,24H,12H2,1-2H3. The molecule has 7 heteroatoms. The quantitative estimate of drug-likeness (QED) is 0.698. The van der Waals surface area contributed by atoms with E-state index in [2.05, 4.69) is 0 Å². The summed E-state index contributed by atoms with van der Waals surface area (Å²) in [7, 11) is -3.33. The molecule has 0 bridgehead atoms. The van der Waals surface area contributed by atoms with E-state index in [0.29, 0.717) is 28.2 Å². The molecule has 0 radical (unpaired) electrons. The van der Waals surface area contributed by atoms with Crippen LogP contribution in [0.25, 0.3) is 11.1 Å². The average molecular weight is 414 g/mol. The number of benzene rings is 3. The largest absolute Gasteiger partial charge is 0.454 e. The maximum atomic E-state index is 14.4. The second-order valence-electron chi connectivity index (χ2n) is 7.02. The van der Waals surface area contributed by atoms with Crippen LogP contribution in [0.3, 0.4) is 0 Å². The Morgan fingerprint density at radius 1 is 0.966 bits per heavy atom. The van der Waals surface area contributed by atoms with Crippen molar-refractivity contribution in [3.05, 3.63) is 77.1 Å². The van der Waals surface area contributed by atoms with E-state index >= 15 is 0 Å². The Morgan fingerprint density at radius 3 is 2.28 bits per heavy atom. The molecule has 0 fully saturated rings. The van der Waals surface area contributed by atoms with Crippen LogP contribution < -0.4 is 9.47 Å². The van der Waals surface area contributed by atoms with Gasteiger partial charge in [0.1, 0.15) is 11.9 Å². The van der Waals surface area contributed by atoms with Gasteiger partial charge in [-0.25, -0.2) is 12.8 Å². The molecule has 0 saturated carbocycles. The van der Waals surface area contributed by atoms with Gasteiger partial charge < -0.3 is 14.6 Å². The first-order valence-corrected chi connectivity index (χ1v) is 10.8. The molecule has 0 aromatic heterocycles. The van der Waals surface area contributed by atoms with Gasteiger partial charge in [0.2, 0.25) is 6.79 Å². The van der Waals surface area contributed by atoms with Gasteiger partial charge in [-0.1, -0.05) is 29.8 Å². The zero-order valence-electron chi connectivity index (χ0n) is 15.8. The van der Waals surface area contributed by atoms with E-state index in [0.717, 1.165) is 11.8 Å². The number of fused-ring (bicyclic) bond motifs is 1. The molecule has 1 atom stereocenters. The highest BCUT2D eigenvalue weighted by Gasteiger charge is 2.24. The summed E-state index contributed by atoms with van der Waals surface area (Å²) in [5.74, 6) is 0.454. The van der Waals surface area contributed by atoms with Gasteiger partial charge in [-0.3, -0.25) is 0 Å². The van der Waals surface area contributed by atoms with Crippen LogP contribution in [-0.4, -0.2) is 26.6 Å². The highest BCUT2D eigenvalue weighted by Crippen LogP contribution is 2.42. The monoisotopic (exact) mass is 414 g/mol. The summed E-state index contributed by atoms with van der Waals surface area (Å²) in [6.45, 7) is 1.88. The lowest BCUT2D eigenvalue weighted by molar-refractivity contribution is 0.173. The second-order valence-corrected chi connectivity index (χ2v) is 9.03. The number of halogens is 1. The zero-order chi connectivity index (χ0) is 20.8. The van der Waals surface area contributed by atoms with Crippen molar-refractivity contribution in [1.29, 1.82) is 0 Å². The highest BCUT2D eigenvalue weighted by molar-refractivity contribution is 7.90. The number of aliphatic hydroxyl groups excluding tert-OH is 1. The molecule has 1 unspecified atom stereocenters. The SMILES string of the molecule is Cc1ccc(F)c(C(O)c2cc3c(cc2-c2ccc(S(C)(=O)=O)cc2)OCO3)c1. The molecule has 0 aliphatic carbocycles. The van der Waals surface area contributed by atoms with E-state index in [9.17, 15) is 17.9 Å². The van der Waals surface area contributed by atoms with Crippen molar-refractivity contribution in [3.63, 3.8) is 0 Å². The fraction of sp³-hybridized carbons (Fsp3) is 0.182. The van der Waals surface area contributed by atoms with Gasteiger partial charge in [-0.2, -0.15) is 0 Å². The number of aliphatic hydroxyl groups is 1. The number of hydrogen-bond acceptors (Lipinski definition) is 5. The van der Waals surface area contributed by atoms with Crippen LogP contribution in [0.4, 0.5) is 4.39 Å². The normalized spacial score (nSPS) is 14.1. The van der Waals surface area contributed by atoms with Crippen LogP contribution in [0.2, 0.25) is 0 Å². The van der Waals surface area contributed by atoms with E-state index in [4.69, 9.17) is 9.47 Å². The third-order valence-electron chi connectivity index (χ3n) is 4.88. The Bertz CT molecular complexity index is 1190. The van der Waals surface area contributed by atoms with Gasteiger partial charge in [0.05, 0.1) is 4.90 Å². The summed E-state index contributed by atoms with van der Waals surface area (Å²) in [5.41, 5.74) is 2.67. The maximum absolute atomic E-state index is 14.4. The molecule has 0 amide bonds. The summed E-state index contributed by atoms with van der Waals surface area (Å²) >= 11 is 0. The Morgan fingerprint density at radius 2 is 1.62 bits per heavy atom. The molecule has 3 aromatic rings. The molecule has 5 nitrogen and oxygen atoms in total. The predicted octanol–water partition coefficient (Wildman–Crippen LogP) is 4.02. The summed E-state index contributed by atoms with van der Waals surface area (Å²) in [5, 5.41) is 11.0. The van der Waals surface area contributed by atoms with Gasteiger partial charge in [-0.15, -0.1) is 0 Å². The molecule has 0 spiro atoms. The molecule has 1 aliphatic rings. The molecule has 0 saturated heterocycles. The minimum absolute atomic E-state index is 0.0557. The van der Waals surface area contributed by atoms with Crippen molar-refractivity contribution in [3.8, 4) is 22.6 Å². The minimum Gasteiger partial charge on any atom is -0.454 e. The first-order valence-electron chi connectivity index (χ1n) is 8.92. The van der Waals surface area contributed by atoms with E-state index < -0.39 is 21.8 Å². The molecule has 1 N–H and O–H groups in total. The Kier molecular flexibility index (Phi) is 4.80. The first kappa shape index (κ1) is 19.4. The lowest BCUT2D eigenvalue weighted by Gasteiger charge is -2.18. The van der Waals surface area contributed by atoms with Crippen molar-refractivity contribution in [2.45, 2.75) is 17.9 Å². The Labute approximate surface area is 168 Å². The lowest BCUT2D eigenvalue weighted by Crippen LogP contribution is -2.05. The summed E-state index contributed by atoms with van der Waals surface area (Å²) in [6, 6.07) is 14.2. The molecular formula is C22H19FO5S. The molecule has 29 heavy (non-hydrogen) atoms. The maximum Gasteiger partial charge on any atom is 0.231 e. The van der Waals surface area contributed by atoms with Crippen LogP contribution in [0, 0.1) is 12.7 Å². The molecule has 4 rings (SSSR count). The number of ether oxygens (including phenoxy) is 2.